The Morgan fingerprint density at radius 1 is 1.09 bits per heavy atom. The second kappa shape index (κ2) is 10.8. The van der Waals surface area contributed by atoms with E-state index in [1.165, 1.54) is 0 Å². The standard InChI is InChI=1S/C34H38F2N6O2/c1-3-20-8-5-9-21-10-6-11-23(26(20)21)29-28(36)30-27-31(42-15-13-37-24(4-2)25(42)18-43-32(27)38-29)40-33(39-30)44-19-34-12-7-14-41(34)17-22(35)16-34/h5-6,8-11,22,24-25,37H,3-4,7,12-19H2,1-2H3/t22-,24+,25-,34+/m1/s1. The molecule has 4 aliphatic rings. The van der Waals surface area contributed by atoms with Crippen molar-refractivity contribution in [2.24, 2.45) is 0 Å². The molecule has 10 heteroatoms. The summed E-state index contributed by atoms with van der Waals surface area (Å²) >= 11 is 0. The summed E-state index contributed by atoms with van der Waals surface area (Å²) in [6.07, 6.45) is 3.16. The van der Waals surface area contributed by atoms with E-state index in [1.54, 1.807) is 0 Å². The minimum Gasteiger partial charge on any atom is -0.475 e. The summed E-state index contributed by atoms with van der Waals surface area (Å²) in [6, 6.07) is 12.3. The molecule has 230 valence electrons. The van der Waals surface area contributed by atoms with E-state index >= 15 is 4.39 Å². The molecule has 1 N–H and O–H groups in total. The van der Waals surface area contributed by atoms with E-state index in [2.05, 4.69) is 35.0 Å². The average molecular weight is 601 g/mol. The highest BCUT2D eigenvalue weighted by atomic mass is 19.1. The minimum atomic E-state index is -0.867. The monoisotopic (exact) mass is 600 g/mol. The van der Waals surface area contributed by atoms with E-state index in [4.69, 9.17) is 24.4 Å². The van der Waals surface area contributed by atoms with E-state index in [1.807, 2.05) is 30.3 Å². The number of fused-ring (bicyclic) bond motifs is 4. The molecule has 0 radical (unpaired) electrons. The van der Waals surface area contributed by atoms with Gasteiger partial charge in [0.25, 0.3) is 0 Å². The van der Waals surface area contributed by atoms with Crippen molar-refractivity contribution in [2.75, 3.05) is 44.3 Å². The number of nitrogens with zero attached hydrogens (tertiary/aromatic N) is 5. The quantitative estimate of drug-likeness (QED) is 0.313. The summed E-state index contributed by atoms with van der Waals surface area (Å²) in [5.74, 6) is 0.401. The van der Waals surface area contributed by atoms with Gasteiger partial charge < -0.3 is 19.7 Å². The van der Waals surface area contributed by atoms with Gasteiger partial charge in [0.05, 0.1) is 11.6 Å². The fourth-order valence-electron chi connectivity index (χ4n) is 8.16. The lowest BCUT2D eigenvalue weighted by Gasteiger charge is -2.41. The Morgan fingerprint density at radius 3 is 2.80 bits per heavy atom. The fourth-order valence-corrected chi connectivity index (χ4v) is 8.16. The number of pyridine rings is 1. The summed E-state index contributed by atoms with van der Waals surface area (Å²) in [7, 11) is 0. The van der Waals surface area contributed by atoms with Crippen LogP contribution in [0.2, 0.25) is 0 Å². The molecule has 4 aliphatic heterocycles. The molecule has 6 heterocycles. The second-order valence-corrected chi connectivity index (χ2v) is 12.7. The smallest absolute Gasteiger partial charge is 0.319 e. The zero-order valence-corrected chi connectivity index (χ0v) is 25.3. The molecule has 8 rings (SSSR count). The van der Waals surface area contributed by atoms with E-state index in [9.17, 15) is 4.39 Å². The van der Waals surface area contributed by atoms with Crippen LogP contribution in [0.5, 0.6) is 11.9 Å². The van der Waals surface area contributed by atoms with Gasteiger partial charge >= 0.3 is 6.01 Å². The molecule has 2 aromatic carbocycles. The van der Waals surface area contributed by atoms with Crippen molar-refractivity contribution in [1.82, 2.24) is 25.2 Å². The molecular weight excluding hydrogens is 562 g/mol. The van der Waals surface area contributed by atoms with Crippen LogP contribution in [0.25, 0.3) is 32.9 Å². The maximum atomic E-state index is 17.0. The molecule has 0 aliphatic carbocycles. The predicted molar refractivity (Wildman–Crippen MR) is 167 cm³/mol. The maximum absolute atomic E-state index is 17.0. The molecule has 0 unspecified atom stereocenters. The summed E-state index contributed by atoms with van der Waals surface area (Å²) in [5, 5.41) is 6.08. The number of anilines is 1. The molecule has 44 heavy (non-hydrogen) atoms. The van der Waals surface area contributed by atoms with Crippen LogP contribution >= 0.6 is 0 Å². The van der Waals surface area contributed by atoms with Gasteiger partial charge in [-0.15, -0.1) is 0 Å². The highest BCUT2D eigenvalue weighted by molar-refractivity contribution is 6.02. The number of aryl methyl sites for hydroxylation is 1. The van der Waals surface area contributed by atoms with Crippen LogP contribution in [0.3, 0.4) is 0 Å². The Morgan fingerprint density at radius 2 is 1.95 bits per heavy atom. The third kappa shape index (κ3) is 4.32. The van der Waals surface area contributed by atoms with E-state index < -0.39 is 12.0 Å². The van der Waals surface area contributed by atoms with Crippen molar-refractivity contribution in [1.29, 1.82) is 0 Å². The van der Waals surface area contributed by atoms with E-state index in [-0.39, 0.29) is 41.5 Å². The van der Waals surface area contributed by atoms with E-state index in [0.29, 0.717) is 48.8 Å². The molecule has 8 nitrogen and oxygen atoms in total. The molecule has 3 fully saturated rings. The van der Waals surface area contributed by atoms with Crippen LogP contribution in [-0.2, 0) is 6.42 Å². The Hall–Kier alpha value is -3.63. The zero-order chi connectivity index (χ0) is 30.0. The highest BCUT2D eigenvalue weighted by Gasteiger charge is 2.49. The zero-order valence-electron chi connectivity index (χ0n) is 25.3. The fraction of sp³-hybridized carbons (Fsp3) is 0.500. The largest absolute Gasteiger partial charge is 0.475 e. The molecule has 0 bridgehead atoms. The first-order valence-corrected chi connectivity index (χ1v) is 16.1. The van der Waals surface area contributed by atoms with Gasteiger partial charge in [0.2, 0.25) is 5.88 Å². The average Bonchev–Trinajstić information content (AvgIpc) is 3.52. The van der Waals surface area contributed by atoms with Gasteiger partial charge in [-0.25, -0.2) is 13.8 Å². The Bertz CT molecular complexity index is 1750. The van der Waals surface area contributed by atoms with Gasteiger partial charge in [-0.1, -0.05) is 50.2 Å². The number of alkyl halides is 1. The second-order valence-electron chi connectivity index (χ2n) is 12.7. The summed E-state index contributed by atoms with van der Waals surface area (Å²) < 4.78 is 44.2. The Kier molecular flexibility index (Phi) is 6.82. The van der Waals surface area contributed by atoms with Crippen LogP contribution in [0.1, 0.15) is 45.1 Å². The van der Waals surface area contributed by atoms with Gasteiger partial charge in [-0.3, -0.25) is 4.90 Å². The van der Waals surface area contributed by atoms with Gasteiger partial charge in [-0.05, 0) is 48.6 Å². The lowest BCUT2D eigenvalue weighted by molar-refractivity contribution is 0.107. The van der Waals surface area contributed by atoms with Crippen LogP contribution in [0, 0.1) is 5.82 Å². The van der Waals surface area contributed by atoms with Gasteiger partial charge in [0, 0.05) is 37.7 Å². The predicted octanol–water partition coefficient (Wildman–Crippen LogP) is 5.45. The first-order chi connectivity index (χ1) is 21.5. The van der Waals surface area contributed by atoms with Crippen LogP contribution in [-0.4, -0.2) is 83.0 Å². The van der Waals surface area contributed by atoms with Crippen molar-refractivity contribution >= 4 is 27.5 Å². The summed E-state index contributed by atoms with van der Waals surface area (Å²) in [5.41, 5.74) is 1.80. The van der Waals surface area contributed by atoms with Crippen molar-refractivity contribution in [3.8, 4) is 23.1 Å². The highest BCUT2D eigenvalue weighted by Crippen LogP contribution is 2.44. The number of nitrogens with one attached hydrogen (secondary N) is 1. The first kappa shape index (κ1) is 27.9. The number of piperazine rings is 1. The molecule has 2 aromatic heterocycles. The number of hydrogen-bond donors (Lipinski definition) is 1. The van der Waals surface area contributed by atoms with Gasteiger partial charge in [0.15, 0.2) is 5.82 Å². The van der Waals surface area contributed by atoms with Crippen LogP contribution in [0.4, 0.5) is 14.6 Å². The SMILES string of the molecule is CCc1cccc2cccc(-c3nc4c5c(nc(OC[C@@]67CCCN6C[C@H](F)C7)nc5c3F)N3CCN[C@@H](CC)[C@H]3CO4)c12. The molecule has 4 atom stereocenters. The molecule has 0 amide bonds. The number of aromatic nitrogens is 3. The van der Waals surface area contributed by atoms with Gasteiger partial charge in [0.1, 0.15) is 41.8 Å². The first-order valence-electron chi connectivity index (χ1n) is 16.1. The lowest BCUT2D eigenvalue weighted by Crippen LogP contribution is -2.60. The van der Waals surface area contributed by atoms with E-state index in [0.717, 1.165) is 55.1 Å². The number of benzene rings is 2. The Labute approximate surface area is 255 Å². The number of ether oxygens (including phenoxy) is 2. The molecular formula is C34H38F2N6O2. The molecule has 0 saturated carbocycles. The maximum Gasteiger partial charge on any atom is 0.319 e. The van der Waals surface area contributed by atoms with Crippen LogP contribution in [0.15, 0.2) is 36.4 Å². The van der Waals surface area contributed by atoms with Crippen molar-refractivity contribution in [3.05, 3.63) is 47.8 Å². The number of rotatable bonds is 6. The molecule has 4 aromatic rings. The normalized spacial score (nSPS) is 26.5. The molecule has 0 spiro atoms. The van der Waals surface area contributed by atoms with Gasteiger partial charge in [-0.2, -0.15) is 9.97 Å². The summed E-state index contributed by atoms with van der Waals surface area (Å²) in [6.45, 7) is 7.66. The minimum absolute atomic E-state index is 0.0179. The lowest BCUT2D eigenvalue weighted by atomic mass is 9.95. The van der Waals surface area contributed by atoms with Crippen molar-refractivity contribution in [2.45, 2.75) is 69.7 Å². The molecule has 3 saturated heterocycles. The number of hydrogen-bond acceptors (Lipinski definition) is 8. The third-order valence-corrected chi connectivity index (χ3v) is 10.3. The Balaban J connectivity index is 1.31. The van der Waals surface area contributed by atoms with Crippen LogP contribution < -0.4 is 19.7 Å². The van der Waals surface area contributed by atoms with Crippen molar-refractivity contribution in [3.63, 3.8) is 0 Å². The summed E-state index contributed by atoms with van der Waals surface area (Å²) in [4.78, 5) is 18.9. The number of halogens is 2. The topological polar surface area (TPSA) is 75.6 Å². The van der Waals surface area contributed by atoms with Crippen molar-refractivity contribution < 1.29 is 18.3 Å². The third-order valence-electron chi connectivity index (χ3n) is 10.3.